The molecule has 0 amide bonds. The molecule has 1 aromatic carbocycles. The maximum absolute atomic E-state index is 13.1. The molecule has 0 radical (unpaired) electrons. The maximum Gasteiger partial charge on any atom is 0.141 e. The molecule has 1 unspecified atom stereocenters. The normalized spacial score (nSPS) is 18.6. The van der Waals surface area contributed by atoms with E-state index in [2.05, 4.69) is 19.2 Å². The Morgan fingerprint density at radius 3 is 2.75 bits per heavy atom. The summed E-state index contributed by atoms with van der Waals surface area (Å²) in [6.45, 7) is 4.36. The molecule has 0 aliphatic heterocycles. The van der Waals surface area contributed by atoms with E-state index in [0.29, 0.717) is 11.5 Å². The minimum Gasteiger partial charge on any atom is -0.382 e. The molecule has 2 nitrogen and oxygen atoms in total. The molecule has 84 valence electrons. The minimum atomic E-state index is -0.460. The van der Waals surface area contributed by atoms with Crippen LogP contribution in [0, 0.1) is 22.6 Å². The van der Waals surface area contributed by atoms with E-state index in [4.69, 9.17) is 5.26 Å². The van der Waals surface area contributed by atoms with Crippen LogP contribution in [0.25, 0.3) is 0 Å². The highest BCUT2D eigenvalue weighted by Gasteiger charge is 2.42. The van der Waals surface area contributed by atoms with Crippen molar-refractivity contribution >= 4 is 5.69 Å². The summed E-state index contributed by atoms with van der Waals surface area (Å²) in [5, 5.41) is 12.1. The molecule has 3 heteroatoms. The lowest BCUT2D eigenvalue weighted by Crippen LogP contribution is -2.24. The zero-order chi connectivity index (χ0) is 11.8. The summed E-state index contributed by atoms with van der Waals surface area (Å²) >= 11 is 0. The average Bonchev–Trinajstić information content (AvgIpc) is 3.01. The van der Waals surface area contributed by atoms with Crippen LogP contribution >= 0.6 is 0 Å². The van der Waals surface area contributed by atoms with Gasteiger partial charge in [-0.1, -0.05) is 6.92 Å². The van der Waals surface area contributed by atoms with E-state index in [1.165, 1.54) is 18.9 Å². The molecule has 0 bridgehead atoms. The van der Waals surface area contributed by atoms with Crippen molar-refractivity contribution in [3.8, 4) is 6.07 Å². The van der Waals surface area contributed by atoms with Crippen LogP contribution in [0.1, 0.15) is 32.3 Å². The van der Waals surface area contributed by atoms with Gasteiger partial charge in [0.2, 0.25) is 0 Å². The Hall–Kier alpha value is -1.56. The molecule has 1 aromatic rings. The molecule has 0 saturated heterocycles. The van der Waals surface area contributed by atoms with Crippen molar-refractivity contribution in [1.82, 2.24) is 0 Å². The molecule has 1 N–H and O–H groups in total. The van der Waals surface area contributed by atoms with Crippen molar-refractivity contribution in [3.05, 3.63) is 29.6 Å². The van der Waals surface area contributed by atoms with Crippen molar-refractivity contribution in [1.29, 1.82) is 5.26 Å². The van der Waals surface area contributed by atoms with Crippen LogP contribution in [0.15, 0.2) is 18.2 Å². The van der Waals surface area contributed by atoms with Gasteiger partial charge in [-0.2, -0.15) is 5.26 Å². The van der Waals surface area contributed by atoms with E-state index in [-0.39, 0.29) is 5.56 Å². The van der Waals surface area contributed by atoms with Crippen LogP contribution in [-0.4, -0.2) is 6.04 Å². The fourth-order valence-electron chi connectivity index (χ4n) is 1.76. The number of benzene rings is 1. The Morgan fingerprint density at radius 2 is 2.19 bits per heavy atom. The van der Waals surface area contributed by atoms with Gasteiger partial charge in [0.05, 0.1) is 5.56 Å². The smallest absolute Gasteiger partial charge is 0.141 e. The minimum absolute atomic E-state index is 0.0955. The standard InChI is InChI=1S/C13H15FN2/c1-9(13(2)5-6-13)16-11-3-4-12(14)10(7-11)8-15/h3-4,7,9,16H,5-6H2,1-2H3. The Kier molecular flexibility index (Phi) is 2.59. The summed E-state index contributed by atoms with van der Waals surface area (Å²) < 4.78 is 13.1. The van der Waals surface area contributed by atoms with Crippen molar-refractivity contribution in [3.63, 3.8) is 0 Å². The summed E-state index contributed by atoms with van der Waals surface area (Å²) in [5.41, 5.74) is 1.28. The Balaban J connectivity index is 2.13. The van der Waals surface area contributed by atoms with E-state index >= 15 is 0 Å². The fraction of sp³-hybridized carbons (Fsp3) is 0.462. The van der Waals surface area contributed by atoms with Gasteiger partial charge >= 0.3 is 0 Å². The van der Waals surface area contributed by atoms with Gasteiger partial charge in [-0.3, -0.25) is 0 Å². The van der Waals surface area contributed by atoms with E-state index < -0.39 is 5.82 Å². The lowest BCUT2D eigenvalue weighted by Gasteiger charge is -2.21. The number of nitriles is 1. The van der Waals surface area contributed by atoms with Gasteiger partial charge in [0.25, 0.3) is 0 Å². The predicted octanol–water partition coefficient (Wildman–Crippen LogP) is 3.30. The van der Waals surface area contributed by atoms with Crippen LogP contribution in [0.4, 0.5) is 10.1 Å². The molecular formula is C13H15FN2. The molecule has 1 atom stereocenters. The summed E-state index contributed by atoms with van der Waals surface area (Å²) in [5.74, 6) is -0.460. The summed E-state index contributed by atoms with van der Waals surface area (Å²) in [4.78, 5) is 0. The molecule has 1 saturated carbocycles. The number of hydrogen-bond acceptors (Lipinski definition) is 2. The Labute approximate surface area is 95.1 Å². The molecule has 2 rings (SSSR count). The topological polar surface area (TPSA) is 35.8 Å². The third-order valence-corrected chi connectivity index (χ3v) is 3.55. The lowest BCUT2D eigenvalue weighted by molar-refractivity contribution is 0.493. The predicted molar refractivity (Wildman–Crippen MR) is 61.5 cm³/mol. The number of rotatable bonds is 3. The van der Waals surface area contributed by atoms with Crippen molar-refractivity contribution < 1.29 is 4.39 Å². The van der Waals surface area contributed by atoms with Crippen molar-refractivity contribution in [2.75, 3.05) is 5.32 Å². The Morgan fingerprint density at radius 1 is 1.50 bits per heavy atom. The first-order valence-corrected chi connectivity index (χ1v) is 5.51. The quantitative estimate of drug-likeness (QED) is 0.845. The largest absolute Gasteiger partial charge is 0.382 e. The fourth-order valence-corrected chi connectivity index (χ4v) is 1.76. The average molecular weight is 218 g/mol. The molecular weight excluding hydrogens is 203 g/mol. The first-order chi connectivity index (χ1) is 7.55. The number of nitrogens with zero attached hydrogens (tertiary/aromatic N) is 1. The van der Waals surface area contributed by atoms with E-state index in [0.717, 1.165) is 5.69 Å². The maximum atomic E-state index is 13.1. The van der Waals surface area contributed by atoms with E-state index in [1.54, 1.807) is 12.1 Å². The lowest BCUT2D eigenvalue weighted by atomic mass is 10.0. The van der Waals surface area contributed by atoms with Crippen LogP contribution in [-0.2, 0) is 0 Å². The molecule has 16 heavy (non-hydrogen) atoms. The van der Waals surface area contributed by atoms with Crippen molar-refractivity contribution in [2.24, 2.45) is 5.41 Å². The van der Waals surface area contributed by atoms with E-state index in [9.17, 15) is 4.39 Å². The number of nitrogens with one attached hydrogen (secondary N) is 1. The highest BCUT2D eigenvalue weighted by Crippen LogP contribution is 2.48. The molecule has 0 spiro atoms. The second-order valence-electron chi connectivity index (χ2n) is 4.83. The highest BCUT2D eigenvalue weighted by molar-refractivity contribution is 5.50. The summed E-state index contributed by atoms with van der Waals surface area (Å²) in [6.07, 6.45) is 2.46. The van der Waals surface area contributed by atoms with E-state index in [1.807, 2.05) is 6.07 Å². The first kappa shape index (κ1) is 10.9. The van der Waals surface area contributed by atoms with Gasteiger partial charge in [0.15, 0.2) is 0 Å². The summed E-state index contributed by atoms with van der Waals surface area (Å²) in [6, 6.07) is 6.78. The second-order valence-corrected chi connectivity index (χ2v) is 4.83. The van der Waals surface area contributed by atoms with Gasteiger partial charge < -0.3 is 5.32 Å². The SMILES string of the molecule is CC(Nc1ccc(F)c(C#N)c1)C1(C)CC1. The number of hydrogen-bond donors (Lipinski definition) is 1. The molecule has 0 heterocycles. The highest BCUT2D eigenvalue weighted by atomic mass is 19.1. The van der Waals surface area contributed by atoms with Crippen LogP contribution in [0.2, 0.25) is 0 Å². The molecule has 1 fully saturated rings. The number of halogens is 1. The second kappa shape index (κ2) is 3.79. The number of anilines is 1. The van der Waals surface area contributed by atoms with Gasteiger partial charge in [-0.25, -0.2) is 4.39 Å². The van der Waals surface area contributed by atoms with Crippen LogP contribution < -0.4 is 5.32 Å². The molecule has 1 aliphatic rings. The zero-order valence-electron chi connectivity index (χ0n) is 9.55. The van der Waals surface area contributed by atoms with Crippen molar-refractivity contribution in [2.45, 2.75) is 32.7 Å². The first-order valence-electron chi connectivity index (χ1n) is 5.51. The zero-order valence-corrected chi connectivity index (χ0v) is 9.55. The van der Waals surface area contributed by atoms with Crippen LogP contribution in [0.3, 0.4) is 0 Å². The van der Waals surface area contributed by atoms with Crippen LogP contribution in [0.5, 0.6) is 0 Å². The Bertz CT molecular complexity index is 444. The van der Waals surface area contributed by atoms with Gasteiger partial charge in [-0.15, -0.1) is 0 Å². The third-order valence-electron chi connectivity index (χ3n) is 3.55. The monoisotopic (exact) mass is 218 g/mol. The van der Waals surface area contributed by atoms with Gasteiger partial charge in [0.1, 0.15) is 11.9 Å². The van der Waals surface area contributed by atoms with Gasteiger partial charge in [0, 0.05) is 11.7 Å². The summed E-state index contributed by atoms with van der Waals surface area (Å²) in [7, 11) is 0. The van der Waals surface area contributed by atoms with Gasteiger partial charge in [-0.05, 0) is 43.4 Å². The third kappa shape index (κ3) is 2.01. The molecule has 0 aromatic heterocycles. The molecule has 1 aliphatic carbocycles.